The van der Waals surface area contributed by atoms with E-state index in [0.717, 1.165) is 17.8 Å². The van der Waals surface area contributed by atoms with E-state index in [9.17, 15) is 9.18 Å². The predicted molar refractivity (Wildman–Crippen MR) is 118 cm³/mol. The van der Waals surface area contributed by atoms with Crippen LogP contribution in [0.15, 0.2) is 61.2 Å². The molecule has 1 amide bonds. The van der Waals surface area contributed by atoms with Crippen molar-refractivity contribution in [3.05, 3.63) is 78.1 Å². The number of hydrogen-bond donors (Lipinski definition) is 1. The molecule has 0 saturated heterocycles. The van der Waals surface area contributed by atoms with Crippen LogP contribution in [0.25, 0.3) is 16.6 Å². The fraction of sp³-hybridized carbons (Fsp3) is 0.217. The van der Waals surface area contributed by atoms with Crippen LogP contribution >= 0.6 is 0 Å². The highest BCUT2D eigenvalue weighted by atomic mass is 19.1. The lowest BCUT2D eigenvalue weighted by atomic mass is 10.0. The highest BCUT2D eigenvalue weighted by Gasteiger charge is 2.19. The molecule has 4 rings (SSSR count). The topological polar surface area (TPSA) is 75.9 Å². The lowest BCUT2D eigenvalue weighted by Gasteiger charge is -2.20. The van der Waals surface area contributed by atoms with Crippen LogP contribution < -0.4 is 10.2 Å². The van der Waals surface area contributed by atoms with Crippen LogP contribution in [0.2, 0.25) is 0 Å². The van der Waals surface area contributed by atoms with Crippen LogP contribution in [0.3, 0.4) is 0 Å². The number of pyridine rings is 2. The molecule has 0 aliphatic rings. The fourth-order valence-electron chi connectivity index (χ4n) is 3.46. The van der Waals surface area contributed by atoms with Crippen molar-refractivity contribution in [3.63, 3.8) is 0 Å². The molecule has 7 nitrogen and oxygen atoms in total. The molecule has 0 radical (unpaired) electrons. The first kappa shape index (κ1) is 20.5. The van der Waals surface area contributed by atoms with Gasteiger partial charge in [-0.15, -0.1) is 0 Å². The molecule has 1 atom stereocenters. The minimum atomic E-state index is -0.322. The van der Waals surface area contributed by atoms with Crippen molar-refractivity contribution < 1.29 is 9.18 Å². The Kier molecular flexibility index (Phi) is 5.62. The third kappa shape index (κ3) is 4.09. The Bertz CT molecular complexity index is 1220. The molecule has 3 aromatic heterocycles. The van der Waals surface area contributed by atoms with Crippen molar-refractivity contribution in [1.29, 1.82) is 0 Å². The molecule has 4 aromatic rings. The number of carbonyl (C=O) groups excluding carboxylic acids is 1. The molecule has 0 fully saturated rings. The Morgan fingerprint density at radius 2 is 1.94 bits per heavy atom. The monoisotopic (exact) mass is 418 g/mol. The summed E-state index contributed by atoms with van der Waals surface area (Å²) in [4.78, 5) is 23.7. The standard InChI is InChI=1S/C23H23FN6O/c1-4-20(15-9-10-26-22(11-15)29(2)3)28-23(31)19-12-25-14-21-18(19)13-27-30(21)17-7-5-16(24)6-8-17/h5-14,20H,4H2,1-3H3,(H,28,31). The van der Waals surface area contributed by atoms with E-state index >= 15 is 0 Å². The van der Waals surface area contributed by atoms with E-state index in [1.165, 1.54) is 12.1 Å². The molecule has 158 valence electrons. The number of nitrogens with zero attached hydrogens (tertiary/aromatic N) is 5. The minimum absolute atomic E-state index is 0.170. The number of nitrogens with one attached hydrogen (secondary N) is 1. The lowest BCUT2D eigenvalue weighted by Crippen LogP contribution is -2.28. The van der Waals surface area contributed by atoms with E-state index in [0.29, 0.717) is 22.2 Å². The van der Waals surface area contributed by atoms with Crippen LogP contribution in [0.5, 0.6) is 0 Å². The molecule has 8 heteroatoms. The van der Waals surface area contributed by atoms with Crippen molar-refractivity contribution in [2.45, 2.75) is 19.4 Å². The Balaban J connectivity index is 1.64. The van der Waals surface area contributed by atoms with Gasteiger partial charge in [0, 0.05) is 31.9 Å². The molecular formula is C23H23FN6O. The summed E-state index contributed by atoms with van der Waals surface area (Å²) >= 11 is 0. The SMILES string of the molecule is CCC(NC(=O)c1cncc2c1cnn2-c1ccc(F)cc1)c1ccnc(N(C)C)c1. The molecule has 0 aliphatic carbocycles. The predicted octanol–water partition coefficient (Wildman–Crippen LogP) is 3.90. The van der Waals surface area contributed by atoms with Gasteiger partial charge in [0.1, 0.15) is 11.6 Å². The number of carbonyl (C=O) groups is 1. The van der Waals surface area contributed by atoms with E-state index in [-0.39, 0.29) is 17.8 Å². The van der Waals surface area contributed by atoms with Gasteiger partial charge in [-0.25, -0.2) is 14.1 Å². The maximum atomic E-state index is 13.3. The molecule has 31 heavy (non-hydrogen) atoms. The van der Waals surface area contributed by atoms with E-state index in [4.69, 9.17) is 0 Å². The zero-order chi connectivity index (χ0) is 22.0. The maximum Gasteiger partial charge on any atom is 0.254 e. The Morgan fingerprint density at radius 1 is 1.16 bits per heavy atom. The Labute approximate surface area is 179 Å². The van der Waals surface area contributed by atoms with Crippen LogP contribution in [0.4, 0.5) is 10.2 Å². The van der Waals surface area contributed by atoms with Gasteiger partial charge in [0.2, 0.25) is 0 Å². The first-order chi connectivity index (χ1) is 15.0. The van der Waals surface area contributed by atoms with Gasteiger partial charge in [-0.1, -0.05) is 6.92 Å². The maximum absolute atomic E-state index is 13.3. The van der Waals surface area contributed by atoms with Gasteiger partial charge < -0.3 is 10.2 Å². The van der Waals surface area contributed by atoms with E-state index in [1.54, 1.807) is 41.6 Å². The molecule has 3 heterocycles. The summed E-state index contributed by atoms with van der Waals surface area (Å²) in [6, 6.07) is 9.72. The third-order valence-corrected chi connectivity index (χ3v) is 5.16. The molecule has 1 unspecified atom stereocenters. The summed E-state index contributed by atoms with van der Waals surface area (Å²) in [5.74, 6) is 0.277. The van der Waals surface area contributed by atoms with E-state index < -0.39 is 0 Å². The normalized spacial score (nSPS) is 12.0. The molecule has 0 aliphatic heterocycles. The summed E-state index contributed by atoms with van der Waals surface area (Å²) in [6.07, 6.45) is 7.28. The largest absolute Gasteiger partial charge is 0.363 e. The van der Waals surface area contributed by atoms with Crippen molar-refractivity contribution in [1.82, 2.24) is 25.1 Å². The Hall–Kier alpha value is -3.81. The fourth-order valence-corrected chi connectivity index (χ4v) is 3.46. The second-order valence-electron chi connectivity index (χ2n) is 7.43. The quantitative estimate of drug-likeness (QED) is 0.514. The van der Waals surface area contributed by atoms with Crippen LogP contribution in [-0.2, 0) is 0 Å². The van der Waals surface area contributed by atoms with Gasteiger partial charge in [-0.3, -0.25) is 9.78 Å². The number of fused-ring (bicyclic) bond motifs is 1. The second kappa shape index (κ2) is 8.51. The van der Waals surface area contributed by atoms with Crippen molar-refractivity contribution in [2.75, 3.05) is 19.0 Å². The number of anilines is 1. The molecule has 0 saturated carbocycles. The van der Waals surface area contributed by atoms with Gasteiger partial charge in [-0.2, -0.15) is 5.10 Å². The number of rotatable bonds is 6. The zero-order valence-corrected chi connectivity index (χ0v) is 17.6. The first-order valence-corrected chi connectivity index (χ1v) is 9.99. The van der Waals surface area contributed by atoms with E-state index in [2.05, 4.69) is 20.4 Å². The molecular weight excluding hydrogens is 395 g/mol. The second-order valence-corrected chi connectivity index (χ2v) is 7.43. The molecule has 0 bridgehead atoms. The van der Waals surface area contributed by atoms with Crippen LogP contribution in [0.1, 0.15) is 35.3 Å². The minimum Gasteiger partial charge on any atom is -0.363 e. The van der Waals surface area contributed by atoms with Gasteiger partial charge >= 0.3 is 0 Å². The Morgan fingerprint density at radius 3 is 2.65 bits per heavy atom. The van der Waals surface area contributed by atoms with Gasteiger partial charge in [0.25, 0.3) is 5.91 Å². The van der Waals surface area contributed by atoms with Gasteiger partial charge in [-0.05, 0) is 48.4 Å². The number of benzene rings is 1. The van der Waals surface area contributed by atoms with Crippen molar-refractivity contribution in [2.24, 2.45) is 0 Å². The number of aromatic nitrogens is 4. The first-order valence-electron chi connectivity index (χ1n) is 9.99. The van der Waals surface area contributed by atoms with Crippen LogP contribution in [-0.4, -0.2) is 39.8 Å². The average molecular weight is 418 g/mol. The number of amides is 1. The molecule has 0 spiro atoms. The smallest absolute Gasteiger partial charge is 0.254 e. The van der Waals surface area contributed by atoms with E-state index in [1.807, 2.05) is 38.1 Å². The average Bonchev–Trinajstić information content (AvgIpc) is 3.22. The highest BCUT2D eigenvalue weighted by Crippen LogP contribution is 2.24. The highest BCUT2D eigenvalue weighted by molar-refractivity contribution is 6.06. The van der Waals surface area contributed by atoms with Crippen molar-refractivity contribution >= 4 is 22.6 Å². The molecule has 1 N–H and O–H groups in total. The zero-order valence-electron chi connectivity index (χ0n) is 17.6. The van der Waals surface area contributed by atoms with Crippen LogP contribution in [0, 0.1) is 5.82 Å². The number of halogens is 1. The third-order valence-electron chi connectivity index (χ3n) is 5.16. The van der Waals surface area contributed by atoms with Gasteiger partial charge in [0.15, 0.2) is 0 Å². The van der Waals surface area contributed by atoms with Gasteiger partial charge in [0.05, 0.1) is 35.2 Å². The summed E-state index contributed by atoms with van der Waals surface area (Å²) in [5.41, 5.74) is 2.78. The lowest BCUT2D eigenvalue weighted by molar-refractivity contribution is 0.0937. The summed E-state index contributed by atoms with van der Waals surface area (Å²) in [5, 5.41) is 8.17. The summed E-state index contributed by atoms with van der Waals surface area (Å²) < 4.78 is 14.9. The summed E-state index contributed by atoms with van der Waals surface area (Å²) in [7, 11) is 3.85. The number of hydrogen-bond acceptors (Lipinski definition) is 5. The van der Waals surface area contributed by atoms with Crippen molar-refractivity contribution in [3.8, 4) is 5.69 Å². The molecule has 1 aromatic carbocycles. The summed E-state index contributed by atoms with van der Waals surface area (Å²) in [6.45, 7) is 2.02.